The summed E-state index contributed by atoms with van der Waals surface area (Å²) < 4.78 is 21.8. The lowest BCUT2D eigenvalue weighted by atomic mass is 10.2. The first-order valence-corrected chi connectivity index (χ1v) is 9.96. The van der Waals surface area contributed by atoms with Crippen molar-refractivity contribution in [3.8, 4) is 11.6 Å². The Hall–Kier alpha value is -3.15. The molecular weight excluding hydrogens is 424 g/mol. The van der Waals surface area contributed by atoms with Crippen molar-refractivity contribution in [1.29, 1.82) is 0 Å². The number of ether oxygens (including phenoxy) is 1. The zero-order chi connectivity index (χ0) is 20.7. The summed E-state index contributed by atoms with van der Waals surface area (Å²) in [6.07, 6.45) is 1.70. The maximum absolute atomic E-state index is 14.1. The molecule has 0 atom stereocenters. The van der Waals surface area contributed by atoms with Crippen molar-refractivity contribution in [1.82, 2.24) is 14.8 Å². The number of rotatable bonds is 4. The zero-order valence-corrected chi connectivity index (χ0v) is 17.0. The van der Waals surface area contributed by atoms with E-state index in [4.69, 9.17) is 33.0 Å². The Labute approximate surface area is 181 Å². The van der Waals surface area contributed by atoms with Crippen LogP contribution in [0.25, 0.3) is 27.5 Å². The number of hydrogen-bond acceptors (Lipinski definition) is 3. The van der Waals surface area contributed by atoms with Gasteiger partial charge in [-0.3, -0.25) is 4.98 Å². The van der Waals surface area contributed by atoms with Crippen LogP contribution in [0.15, 0.2) is 72.9 Å². The minimum atomic E-state index is -0.341. The smallest absolute Gasteiger partial charge is 0.226 e. The molecule has 2 heterocycles. The van der Waals surface area contributed by atoms with Gasteiger partial charge in [-0.2, -0.15) is 9.78 Å². The molecule has 30 heavy (non-hydrogen) atoms. The van der Waals surface area contributed by atoms with Crippen LogP contribution in [0.1, 0.15) is 5.56 Å². The number of nitrogens with zero attached hydrogens (tertiary/aromatic N) is 3. The van der Waals surface area contributed by atoms with Crippen LogP contribution < -0.4 is 4.74 Å². The predicted molar refractivity (Wildman–Crippen MR) is 117 cm³/mol. The highest BCUT2D eigenvalue weighted by Gasteiger charge is 2.21. The molecule has 0 bridgehead atoms. The summed E-state index contributed by atoms with van der Waals surface area (Å²) in [4.78, 5) is 4.52. The van der Waals surface area contributed by atoms with Crippen LogP contribution in [0.3, 0.4) is 0 Å². The van der Waals surface area contributed by atoms with Gasteiger partial charge in [0.05, 0.1) is 20.9 Å². The van der Waals surface area contributed by atoms with E-state index in [-0.39, 0.29) is 12.4 Å². The van der Waals surface area contributed by atoms with Crippen molar-refractivity contribution >= 4 is 45.0 Å². The van der Waals surface area contributed by atoms with Crippen LogP contribution in [-0.4, -0.2) is 14.8 Å². The van der Waals surface area contributed by atoms with Gasteiger partial charge in [-0.05, 0) is 24.3 Å². The SMILES string of the molecule is Fc1ccccc1COc1c2cnc3ccccc3c2nn1-c1c(Cl)cccc1Cl. The van der Waals surface area contributed by atoms with E-state index in [1.165, 1.54) is 6.07 Å². The summed E-state index contributed by atoms with van der Waals surface area (Å²) in [7, 11) is 0. The normalized spacial score (nSPS) is 11.3. The van der Waals surface area contributed by atoms with Gasteiger partial charge < -0.3 is 4.74 Å². The molecule has 0 saturated heterocycles. The fourth-order valence-electron chi connectivity index (χ4n) is 3.39. The third-order valence-electron chi connectivity index (χ3n) is 4.84. The second-order valence-corrected chi connectivity index (χ2v) is 7.52. The number of aromatic nitrogens is 3. The molecule has 4 nitrogen and oxygen atoms in total. The third kappa shape index (κ3) is 3.16. The summed E-state index contributed by atoms with van der Waals surface area (Å²) >= 11 is 12.9. The third-order valence-corrected chi connectivity index (χ3v) is 5.45. The van der Waals surface area contributed by atoms with Gasteiger partial charge in [-0.25, -0.2) is 4.39 Å². The maximum Gasteiger partial charge on any atom is 0.226 e. The first-order valence-electron chi connectivity index (χ1n) is 9.20. The van der Waals surface area contributed by atoms with E-state index >= 15 is 0 Å². The van der Waals surface area contributed by atoms with Crippen molar-refractivity contribution in [3.63, 3.8) is 0 Å². The van der Waals surface area contributed by atoms with E-state index in [1.54, 1.807) is 47.3 Å². The van der Waals surface area contributed by atoms with Gasteiger partial charge in [0.25, 0.3) is 0 Å². The molecule has 148 valence electrons. The summed E-state index contributed by atoms with van der Waals surface area (Å²) in [6.45, 7) is 0.0162. The molecule has 0 radical (unpaired) electrons. The molecular formula is C23H14Cl2FN3O. The number of halogens is 3. The number of para-hydroxylation sites is 2. The zero-order valence-electron chi connectivity index (χ0n) is 15.5. The maximum atomic E-state index is 14.1. The van der Waals surface area contributed by atoms with Crippen LogP contribution in [0.5, 0.6) is 5.88 Å². The Bertz CT molecular complexity index is 1380. The lowest BCUT2D eigenvalue weighted by molar-refractivity contribution is 0.282. The molecule has 0 spiro atoms. The Morgan fingerprint density at radius 3 is 2.40 bits per heavy atom. The number of pyridine rings is 1. The van der Waals surface area contributed by atoms with Crippen LogP contribution in [0.4, 0.5) is 4.39 Å². The monoisotopic (exact) mass is 437 g/mol. The van der Waals surface area contributed by atoms with Gasteiger partial charge in [0.1, 0.15) is 23.6 Å². The number of benzene rings is 3. The molecule has 0 aliphatic carbocycles. The Morgan fingerprint density at radius 2 is 1.60 bits per heavy atom. The van der Waals surface area contributed by atoms with Crippen LogP contribution in [0.2, 0.25) is 10.0 Å². The van der Waals surface area contributed by atoms with Gasteiger partial charge in [-0.15, -0.1) is 0 Å². The fourth-order valence-corrected chi connectivity index (χ4v) is 3.95. The standard InChI is InChI=1S/C23H14Cl2FN3O/c24-17-8-5-9-18(25)22(17)29-23(30-13-14-6-1-3-10-19(14)26)16-12-27-20-11-4-2-7-15(20)21(16)28-29/h1-12H,13H2. The number of fused-ring (bicyclic) bond motifs is 3. The molecule has 5 aromatic rings. The molecule has 0 saturated carbocycles. The second kappa shape index (κ2) is 7.59. The van der Waals surface area contributed by atoms with Gasteiger partial charge in [0.15, 0.2) is 0 Å². The summed E-state index contributed by atoms with van der Waals surface area (Å²) in [6, 6.07) is 19.4. The van der Waals surface area contributed by atoms with Crippen molar-refractivity contribution in [3.05, 3.63) is 94.4 Å². The lowest BCUT2D eigenvalue weighted by Gasteiger charge is -2.12. The second-order valence-electron chi connectivity index (χ2n) is 6.70. The first-order chi connectivity index (χ1) is 14.6. The van der Waals surface area contributed by atoms with Gasteiger partial charge in [0, 0.05) is 17.1 Å². The summed E-state index contributed by atoms with van der Waals surface area (Å²) in [5.74, 6) is 0.0497. The summed E-state index contributed by atoms with van der Waals surface area (Å²) in [5.41, 5.74) is 2.42. The fraction of sp³-hybridized carbons (Fsp3) is 0.0435. The van der Waals surface area contributed by atoms with Crippen molar-refractivity contribution < 1.29 is 9.13 Å². The van der Waals surface area contributed by atoms with Crippen LogP contribution in [0, 0.1) is 5.82 Å². The molecule has 7 heteroatoms. The molecule has 0 amide bonds. The predicted octanol–water partition coefficient (Wildman–Crippen LogP) is 6.60. The Morgan fingerprint density at radius 1 is 0.867 bits per heavy atom. The molecule has 0 aliphatic heterocycles. The highest BCUT2D eigenvalue weighted by atomic mass is 35.5. The molecule has 3 aromatic carbocycles. The van der Waals surface area contributed by atoms with E-state index < -0.39 is 0 Å². The average Bonchev–Trinajstić information content (AvgIpc) is 3.11. The largest absolute Gasteiger partial charge is 0.472 e. The lowest BCUT2D eigenvalue weighted by Crippen LogP contribution is -2.05. The highest BCUT2D eigenvalue weighted by molar-refractivity contribution is 6.37. The molecule has 0 fully saturated rings. The molecule has 5 rings (SSSR count). The van der Waals surface area contributed by atoms with E-state index in [9.17, 15) is 4.39 Å². The van der Waals surface area contributed by atoms with E-state index in [1.807, 2.05) is 24.3 Å². The quantitative estimate of drug-likeness (QED) is 0.318. The molecule has 0 unspecified atom stereocenters. The van der Waals surface area contributed by atoms with E-state index in [0.29, 0.717) is 38.1 Å². The van der Waals surface area contributed by atoms with Crippen molar-refractivity contribution in [2.45, 2.75) is 6.61 Å². The molecule has 2 aromatic heterocycles. The Balaban J connectivity index is 1.74. The minimum absolute atomic E-state index is 0.0162. The number of hydrogen-bond donors (Lipinski definition) is 0. The first kappa shape index (κ1) is 18.9. The minimum Gasteiger partial charge on any atom is -0.472 e. The Kier molecular flexibility index (Phi) is 4.77. The van der Waals surface area contributed by atoms with E-state index in [2.05, 4.69) is 4.98 Å². The van der Waals surface area contributed by atoms with Gasteiger partial charge in [0.2, 0.25) is 5.88 Å². The van der Waals surface area contributed by atoms with Crippen molar-refractivity contribution in [2.75, 3.05) is 0 Å². The van der Waals surface area contributed by atoms with Crippen LogP contribution in [-0.2, 0) is 6.61 Å². The summed E-state index contributed by atoms with van der Waals surface area (Å²) in [5, 5.41) is 7.15. The highest BCUT2D eigenvalue weighted by Crippen LogP contribution is 2.37. The van der Waals surface area contributed by atoms with Crippen molar-refractivity contribution in [2.24, 2.45) is 0 Å². The van der Waals surface area contributed by atoms with E-state index in [0.717, 1.165) is 10.9 Å². The van der Waals surface area contributed by atoms with Gasteiger partial charge >= 0.3 is 0 Å². The van der Waals surface area contributed by atoms with Crippen LogP contribution >= 0.6 is 23.2 Å². The topological polar surface area (TPSA) is 39.9 Å². The van der Waals surface area contributed by atoms with Gasteiger partial charge in [-0.1, -0.05) is 65.7 Å². The average molecular weight is 438 g/mol. The molecule has 0 N–H and O–H groups in total. The molecule has 0 aliphatic rings.